The minimum Gasteiger partial charge on any atom is -0.481 e. The summed E-state index contributed by atoms with van der Waals surface area (Å²) in [6, 6.07) is 5.25. The van der Waals surface area contributed by atoms with Crippen LogP contribution in [0.4, 0.5) is 0 Å². The summed E-state index contributed by atoms with van der Waals surface area (Å²) in [6.07, 6.45) is 2.23. The van der Waals surface area contributed by atoms with E-state index >= 15 is 0 Å². The summed E-state index contributed by atoms with van der Waals surface area (Å²) in [7, 11) is 0. The quantitative estimate of drug-likeness (QED) is 0.912. The van der Waals surface area contributed by atoms with Crippen LogP contribution in [-0.2, 0) is 4.79 Å². The van der Waals surface area contributed by atoms with Crippen molar-refractivity contribution in [1.29, 1.82) is 0 Å². The molecule has 1 amide bonds. The molecule has 2 heterocycles. The van der Waals surface area contributed by atoms with Crippen LogP contribution in [0.3, 0.4) is 0 Å². The number of amides is 1. The third-order valence-corrected chi connectivity index (χ3v) is 5.01. The minimum absolute atomic E-state index is 0.0465. The molecule has 4 nitrogen and oxygen atoms in total. The molecule has 0 aromatic heterocycles. The van der Waals surface area contributed by atoms with Crippen molar-refractivity contribution in [2.45, 2.75) is 38.3 Å². The van der Waals surface area contributed by atoms with Crippen LogP contribution in [0.15, 0.2) is 18.2 Å². The third kappa shape index (κ3) is 1.90. The molecule has 3 rings (SSSR count). The molecule has 3 atom stereocenters. The lowest BCUT2D eigenvalue weighted by Crippen LogP contribution is -2.38. The maximum absolute atomic E-state index is 12.7. The molecule has 106 valence electrons. The Bertz CT molecular complexity index is 586. The Balaban J connectivity index is 1.92. The summed E-state index contributed by atoms with van der Waals surface area (Å²) >= 11 is 6.22. The lowest BCUT2D eigenvalue weighted by atomic mass is 9.89. The molecule has 0 radical (unpaired) electrons. The van der Waals surface area contributed by atoms with Crippen LogP contribution < -0.4 is 0 Å². The number of aliphatic carboxylic acids is 1. The van der Waals surface area contributed by atoms with Gasteiger partial charge in [-0.25, -0.2) is 0 Å². The summed E-state index contributed by atoms with van der Waals surface area (Å²) in [5.41, 5.74) is 1.34. The van der Waals surface area contributed by atoms with Gasteiger partial charge in [0, 0.05) is 12.1 Å². The topological polar surface area (TPSA) is 57.6 Å². The fraction of sp³-hybridized carbons (Fsp3) is 0.467. The number of hydrogen-bond acceptors (Lipinski definition) is 2. The van der Waals surface area contributed by atoms with E-state index in [-0.39, 0.29) is 18.0 Å². The van der Waals surface area contributed by atoms with E-state index < -0.39 is 11.9 Å². The molecule has 0 aliphatic carbocycles. The zero-order valence-corrected chi connectivity index (χ0v) is 11.9. The highest BCUT2D eigenvalue weighted by Gasteiger charge is 2.51. The molecule has 2 saturated heterocycles. The van der Waals surface area contributed by atoms with E-state index in [1.165, 1.54) is 0 Å². The van der Waals surface area contributed by atoms with Gasteiger partial charge in [0.2, 0.25) is 0 Å². The highest BCUT2D eigenvalue weighted by Crippen LogP contribution is 2.43. The molecule has 5 heteroatoms. The molecule has 2 aliphatic rings. The number of halogens is 1. The molecule has 2 aliphatic heterocycles. The monoisotopic (exact) mass is 293 g/mol. The first kappa shape index (κ1) is 13.4. The molecular weight excluding hydrogens is 278 g/mol. The number of rotatable bonds is 2. The van der Waals surface area contributed by atoms with Gasteiger partial charge in [-0.3, -0.25) is 9.59 Å². The number of nitrogens with zero attached hydrogens (tertiary/aromatic N) is 1. The van der Waals surface area contributed by atoms with E-state index in [0.717, 1.165) is 18.4 Å². The van der Waals surface area contributed by atoms with Crippen molar-refractivity contribution in [1.82, 2.24) is 4.90 Å². The Morgan fingerprint density at radius 3 is 2.75 bits per heavy atom. The number of fused-ring (bicyclic) bond motifs is 2. The summed E-state index contributed by atoms with van der Waals surface area (Å²) in [5, 5.41) is 9.71. The predicted molar refractivity (Wildman–Crippen MR) is 74.9 cm³/mol. The normalized spacial score (nSPS) is 27.9. The van der Waals surface area contributed by atoms with Crippen LogP contribution in [0.25, 0.3) is 0 Å². The van der Waals surface area contributed by atoms with Crippen molar-refractivity contribution < 1.29 is 14.7 Å². The van der Waals surface area contributed by atoms with Gasteiger partial charge in [-0.15, -0.1) is 0 Å². The second-order valence-corrected chi connectivity index (χ2v) is 6.01. The molecule has 0 spiro atoms. The third-order valence-electron chi connectivity index (χ3n) is 4.51. The standard InChI is InChI=1S/C15H16ClNO3/c1-8-3-2-4-10(13(8)16)14(18)17-9-5-6-12(17)11(7-9)15(19)20/h2-4,9,11-12H,5-7H2,1H3,(H,19,20). The van der Waals surface area contributed by atoms with E-state index in [1.54, 1.807) is 17.0 Å². The summed E-state index contributed by atoms with van der Waals surface area (Å²) in [5.74, 6) is -1.36. The van der Waals surface area contributed by atoms with E-state index in [0.29, 0.717) is 17.0 Å². The fourth-order valence-corrected chi connectivity index (χ4v) is 3.73. The van der Waals surface area contributed by atoms with Crippen molar-refractivity contribution in [3.8, 4) is 0 Å². The Morgan fingerprint density at radius 2 is 2.10 bits per heavy atom. The van der Waals surface area contributed by atoms with Crippen LogP contribution in [0.5, 0.6) is 0 Å². The summed E-state index contributed by atoms with van der Waals surface area (Å²) in [6.45, 7) is 1.86. The second kappa shape index (κ2) is 4.77. The Morgan fingerprint density at radius 1 is 1.35 bits per heavy atom. The van der Waals surface area contributed by atoms with Crippen LogP contribution in [0, 0.1) is 12.8 Å². The highest BCUT2D eigenvalue weighted by molar-refractivity contribution is 6.34. The number of carbonyl (C=O) groups excluding carboxylic acids is 1. The minimum atomic E-state index is -0.801. The molecule has 2 bridgehead atoms. The van der Waals surface area contributed by atoms with Gasteiger partial charge in [-0.2, -0.15) is 0 Å². The van der Waals surface area contributed by atoms with Gasteiger partial charge in [-0.05, 0) is 37.8 Å². The van der Waals surface area contributed by atoms with Crippen molar-refractivity contribution >= 4 is 23.5 Å². The Kier molecular flexibility index (Phi) is 3.21. The van der Waals surface area contributed by atoms with E-state index in [9.17, 15) is 14.7 Å². The summed E-state index contributed by atoms with van der Waals surface area (Å²) < 4.78 is 0. The summed E-state index contributed by atoms with van der Waals surface area (Å²) in [4.78, 5) is 25.7. The van der Waals surface area contributed by atoms with Crippen molar-refractivity contribution in [2.24, 2.45) is 5.92 Å². The molecular formula is C15H16ClNO3. The van der Waals surface area contributed by atoms with Gasteiger partial charge in [0.25, 0.3) is 5.91 Å². The number of hydrogen-bond donors (Lipinski definition) is 1. The van der Waals surface area contributed by atoms with Gasteiger partial charge in [-0.1, -0.05) is 23.7 Å². The Hall–Kier alpha value is -1.55. The maximum atomic E-state index is 12.7. The van der Waals surface area contributed by atoms with Gasteiger partial charge >= 0.3 is 5.97 Å². The second-order valence-electron chi connectivity index (χ2n) is 5.63. The number of aryl methyl sites for hydroxylation is 1. The lowest BCUT2D eigenvalue weighted by Gasteiger charge is -2.23. The highest BCUT2D eigenvalue weighted by atomic mass is 35.5. The molecule has 20 heavy (non-hydrogen) atoms. The Labute approximate surface area is 122 Å². The predicted octanol–water partition coefficient (Wildman–Crippen LogP) is 2.73. The molecule has 3 unspecified atom stereocenters. The molecule has 0 saturated carbocycles. The SMILES string of the molecule is Cc1cccc(C(=O)N2C3CCC2C(C(=O)O)C3)c1Cl. The average molecular weight is 294 g/mol. The van der Waals surface area contributed by atoms with Gasteiger partial charge in [0.15, 0.2) is 0 Å². The van der Waals surface area contributed by atoms with E-state index in [4.69, 9.17) is 11.6 Å². The first-order chi connectivity index (χ1) is 9.50. The smallest absolute Gasteiger partial charge is 0.308 e. The first-order valence-corrected chi connectivity index (χ1v) is 7.19. The average Bonchev–Trinajstić information content (AvgIpc) is 2.98. The number of benzene rings is 1. The molecule has 2 fully saturated rings. The van der Waals surface area contributed by atoms with E-state index in [1.807, 2.05) is 13.0 Å². The van der Waals surface area contributed by atoms with Crippen molar-refractivity contribution in [2.75, 3.05) is 0 Å². The first-order valence-electron chi connectivity index (χ1n) is 6.81. The van der Waals surface area contributed by atoms with Crippen molar-refractivity contribution in [3.63, 3.8) is 0 Å². The largest absolute Gasteiger partial charge is 0.481 e. The molecule has 1 aromatic carbocycles. The van der Waals surface area contributed by atoms with Crippen LogP contribution in [-0.4, -0.2) is 34.0 Å². The van der Waals surface area contributed by atoms with Gasteiger partial charge in [0.1, 0.15) is 0 Å². The van der Waals surface area contributed by atoms with Gasteiger partial charge in [0.05, 0.1) is 16.5 Å². The number of carboxylic acids is 1. The lowest BCUT2D eigenvalue weighted by molar-refractivity contribution is -0.142. The zero-order chi connectivity index (χ0) is 14.4. The number of carboxylic acid groups (broad SMARTS) is 1. The van der Waals surface area contributed by atoms with Crippen LogP contribution in [0.1, 0.15) is 35.2 Å². The maximum Gasteiger partial charge on any atom is 0.308 e. The van der Waals surface area contributed by atoms with Crippen LogP contribution >= 0.6 is 11.6 Å². The molecule has 1 N–H and O–H groups in total. The zero-order valence-electron chi connectivity index (χ0n) is 11.2. The van der Waals surface area contributed by atoms with Crippen molar-refractivity contribution in [3.05, 3.63) is 34.3 Å². The molecule has 1 aromatic rings. The van der Waals surface area contributed by atoms with E-state index in [2.05, 4.69) is 0 Å². The van der Waals surface area contributed by atoms with Crippen LogP contribution in [0.2, 0.25) is 5.02 Å². The number of carbonyl (C=O) groups is 2. The van der Waals surface area contributed by atoms with Gasteiger partial charge < -0.3 is 10.0 Å². The fourth-order valence-electron chi connectivity index (χ4n) is 3.52.